The van der Waals surface area contributed by atoms with Gasteiger partial charge in [-0.05, 0) is 80.8 Å². The highest BCUT2D eigenvalue weighted by molar-refractivity contribution is 6.33. The minimum Gasteiger partial charge on any atom is -0.398 e. The van der Waals surface area contributed by atoms with Gasteiger partial charge < -0.3 is 20.5 Å². The molecule has 2 heterocycles. The molecule has 1 saturated heterocycles. The summed E-state index contributed by atoms with van der Waals surface area (Å²) >= 11 is 6.27. The summed E-state index contributed by atoms with van der Waals surface area (Å²) in [7, 11) is 3.51. The maximum atomic E-state index is 13.4. The van der Waals surface area contributed by atoms with Crippen molar-refractivity contribution in [1.29, 1.82) is 0 Å². The monoisotopic (exact) mass is 551 g/mol. The molecule has 39 heavy (non-hydrogen) atoms. The first-order valence-corrected chi connectivity index (χ1v) is 14.2. The molecule has 0 spiro atoms. The fourth-order valence-corrected chi connectivity index (χ4v) is 5.84. The molecule has 1 unspecified atom stereocenters. The number of nitrogens with one attached hydrogen (secondary N) is 1. The standard InChI is InChI=1S/C30H38ClN5O3/c1-34-19-25(22-7-3-4-8-28(22)34)29(37)33-12-5-6-13-35-14-11-20(17-35)18-36(39-2)30(38)24-15-26(31)27(32)16-23(24)21-9-10-21/h3-4,7-8,15-16,19-21H,5-6,9-14,17-18,32H2,1-2H3,(H,33,37). The van der Waals surface area contributed by atoms with Crippen LogP contribution in [0.4, 0.5) is 5.69 Å². The number of hydrogen-bond acceptors (Lipinski definition) is 5. The average Bonchev–Trinajstić information content (AvgIpc) is 3.60. The molecular weight excluding hydrogens is 514 g/mol. The molecule has 1 aliphatic heterocycles. The van der Waals surface area contributed by atoms with Crippen molar-refractivity contribution in [2.75, 3.05) is 45.6 Å². The molecule has 0 bridgehead atoms. The number of carbonyl (C=O) groups is 2. The van der Waals surface area contributed by atoms with E-state index >= 15 is 0 Å². The topological polar surface area (TPSA) is 92.8 Å². The van der Waals surface area contributed by atoms with Gasteiger partial charge in [-0.3, -0.25) is 14.4 Å². The van der Waals surface area contributed by atoms with E-state index in [0.717, 1.165) is 73.8 Å². The first-order valence-electron chi connectivity index (χ1n) is 13.8. The summed E-state index contributed by atoms with van der Waals surface area (Å²) in [5.41, 5.74) is 9.88. The number of aryl methyl sites for hydroxylation is 1. The van der Waals surface area contributed by atoms with Crippen LogP contribution >= 0.6 is 11.6 Å². The van der Waals surface area contributed by atoms with Gasteiger partial charge in [-0.1, -0.05) is 29.8 Å². The third-order valence-electron chi connectivity index (χ3n) is 7.99. The number of nitrogens with zero attached hydrogens (tertiary/aromatic N) is 3. The number of nitrogen functional groups attached to an aromatic ring is 1. The number of carbonyl (C=O) groups excluding carboxylic acids is 2. The van der Waals surface area contributed by atoms with Gasteiger partial charge in [-0.2, -0.15) is 0 Å². The van der Waals surface area contributed by atoms with Gasteiger partial charge in [0.05, 0.1) is 29.9 Å². The molecule has 1 aromatic heterocycles. The van der Waals surface area contributed by atoms with E-state index in [4.69, 9.17) is 22.2 Å². The van der Waals surface area contributed by atoms with Crippen LogP contribution in [0.5, 0.6) is 0 Å². The van der Waals surface area contributed by atoms with Crippen molar-refractivity contribution >= 4 is 40.0 Å². The van der Waals surface area contributed by atoms with Gasteiger partial charge in [-0.25, -0.2) is 5.06 Å². The lowest BCUT2D eigenvalue weighted by Gasteiger charge is -2.25. The second-order valence-electron chi connectivity index (χ2n) is 10.9. The van der Waals surface area contributed by atoms with Crippen LogP contribution in [0.15, 0.2) is 42.6 Å². The summed E-state index contributed by atoms with van der Waals surface area (Å²) < 4.78 is 1.99. The van der Waals surface area contributed by atoms with Gasteiger partial charge in [-0.15, -0.1) is 0 Å². The zero-order valence-electron chi connectivity index (χ0n) is 22.8. The Labute approximate surface area is 235 Å². The normalized spacial score (nSPS) is 17.6. The molecule has 9 heteroatoms. The second kappa shape index (κ2) is 12.0. The van der Waals surface area contributed by atoms with E-state index in [-0.39, 0.29) is 11.8 Å². The number of likely N-dealkylation sites (tertiary alicyclic amines) is 1. The van der Waals surface area contributed by atoms with Gasteiger partial charge in [0.2, 0.25) is 0 Å². The van der Waals surface area contributed by atoms with Crippen LogP contribution in [0.3, 0.4) is 0 Å². The van der Waals surface area contributed by atoms with Gasteiger partial charge >= 0.3 is 0 Å². The Morgan fingerprint density at radius 2 is 1.95 bits per heavy atom. The lowest BCUT2D eigenvalue weighted by atomic mass is 10.0. The second-order valence-corrected chi connectivity index (χ2v) is 11.3. The quantitative estimate of drug-likeness (QED) is 0.202. The highest BCUT2D eigenvalue weighted by Crippen LogP contribution is 2.44. The van der Waals surface area contributed by atoms with Crippen molar-refractivity contribution in [3.05, 3.63) is 64.3 Å². The first kappa shape index (κ1) is 27.5. The van der Waals surface area contributed by atoms with Gasteiger partial charge in [0, 0.05) is 42.8 Å². The molecule has 2 aliphatic rings. The van der Waals surface area contributed by atoms with E-state index in [2.05, 4.69) is 10.2 Å². The number of amides is 2. The molecule has 208 valence electrons. The van der Waals surface area contributed by atoms with E-state index in [0.29, 0.717) is 41.2 Å². The van der Waals surface area contributed by atoms with Crippen molar-refractivity contribution in [2.24, 2.45) is 13.0 Å². The van der Waals surface area contributed by atoms with E-state index < -0.39 is 0 Å². The smallest absolute Gasteiger partial charge is 0.277 e. The molecule has 1 atom stereocenters. The van der Waals surface area contributed by atoms with E-state index in [9.17, 15) is 9.59 Å². The molecule has 3 N–H and O–H groups in total. The predicted molar refractivity (Wildman–Crippen MR) is 155 cm³/mol. The number of halogens is 1. The van der Waals surface area contributed by atoms with E-state index in [1.165, 1.54) is 5.06 Å². The van der Waals surface area contributed by atoms with Crippen molar-refractivity contribution in [3.63, 3.8) is 0 Å². The summed E-state index contributed by atoms with van der Waals surface area (Å²) in [6, 6.07) is 11.5. The van der Waals surface area contributed by atoms with Crippen LogP contribution in [0.2, 0.25) is 5.02 Å². The van der Waals surface area contributed by atoms with Crippen LogP contribution in [0.25, 0.3) is 10.9 Å². The Morgan fingerprint density at radius 1 is 1.15 bits per heavy atom. The summed E-state index contributed by atoms with van der Waals surface area (Å²) in [5, 5.41) is 5.93. The number of fused-ring (bicyclic) bond motifs is 1. The van der Waals surface area contributed by atoms with Gasteiger partial charge in [0.1, 0.15) is 0 Å². The van der Waals surface area contributed by atoms with Crippen LogP contribution in [0, 0.1) is 5.92 Å². The number of hydroxylamine groups is 2. The van der Waals surface area contributed by atoms with Crippen molar-refractivity contribution in [2.45, 2.75) is 38.0 Å². The molecule has 1 aliphatic carbocycles. The van der Waals surface area contributed by atoms with E-state index in [1.807, 2.05) is 48.1 Å². The molecule has 5 rings (SSSR count). The number of nitrogens with two attached hydrogens (primary N) is 1. The fourth-order valence-electron chi connectivity index (χ4n) is 5.68. The molecule has 8 nitrogen and oxygen atoms in total. The number of benzene rings is 2. The molecule has 0 radical (unpaired) electrons. The largest absolute Gasteiger partial charge is 0.398 e. The van der Waals surface area contributed by atoms with Gasteiger partial charge in [0.25, 0.3) is 11.8 Å². The minimum absolute atomic E-state index is 0.0235. The maximum absolute atomic E-state index is 13.4. The number of aromatic nitrogens is 1. The SMILES string of the molecule is CON(CC1CCN(CCCCNC(=O)c2cn(C)c3ccccc23)C1)C(=O)c1cc(Cl)c(N)cc1C1CC1. The van der Waals surface area contributed by atoms with Crippen LogP contribution in [-0.2, 0) is 11.9 Å². The lowest BCUT2D eigenvalue weighted by molar-refractivity contribution is -0.102. The Balaban J connectivity index is 1.06. The zero-order chi connectivity index (χ0) is 27.5. The number of hydrogen-bond donors (Lipinski definition) is 2. The molecule has 1 saturated carbocycles. The highest BCUT2D eigenvalue weighted by atomic mass is 35.5. The lowest BCUT2D eigenvalue weighted by Crippen LogP contribution is -2.36. The average molecular weight is 552 g/mol. The molecule has 2 fully saturated rings. The zero-order valence-corrected chi connectivity index (χ0v) is 23.5. The summed E-state index contributed by atoms with van der Waals surface area (Å²) in [5.74, 6) is 0.542. The Morgan fingerprint density at radius 3 is 2.72 bits per heavy atom. The summed E-state index contributed by atoms with van der Waals surface area (Å²) in [6.07, 6.45) is 6.97. The highest BCUT2D eigenvalue weighted by Gasteiger charge is 2.32. The fraction of sp³-hybridized carbons (Fsp3) is 0.467. The number of unbranched alkanes of at least 4 members (excludes halogenated alkanes) is 1. The Bertz CT molecular complexity index is 1350. The maximum Gasteiger partial charge on any atom is 0.277 e. The molecule has 2 amide bonds. The third-order valence-corrected chi connectivity index (χ3v) is 8.31. The summed E-state index contributed by atoms with van der Waals surface area (Å²) in [4.78, 5) is 34.1. The predicted octanol–water partition coefficient (Wildman–Crippen LogP) is 4.83. The van der Waals surface area contributed by atoms with Crippen LogP contribution in [0.1, 0.15) is 64.3 Å². The van der Waals surface area contributed by atoms with Crippen molar-refractivity contribution < 1.29 is 14.4 Å². The summed E-state index contributed by atoms with van der Waals surface area (Å²) in [6.45, 7) is 4.09. The number of anilines is 1. The third kappa shape index (κ3) is 6.24. The first-order chi connectivity index (χ1) is 18.9. The molecule has 2 aromatic carbocycles. The number of para-hydroxylation sites is 1. The van der Waals surface area contributed by atoms with Crippen LogP contribution in [-0.4, -0.2) is 66.2 Å². The van der Waals surface area contributed by atoms with Crippen molar-refractivity contribution in [3.8, 4) is 0 Å². The molecule has 3 aromatic rings. The Kier molecular flexibility index (Phi) is 8.45. The minimum atomic E-state index is -0.151. The van der Waals surface area contributed by atoms with E-state index in [1.54, 1.807) is 13.2 Å². The van der Waals surface area contributed by atoms with Crippen LogP contribution < -0.4 is 11.1 Å². The van der Waals surface area contributed by atoms with Gasteiger partial charge in [0.15, 0.2) is 0 Å². The number of rotatable bonds is 11. The van der Waals surface area contributed by atoms with Crippen molar-refractivity contribution in [1.82, 2.24) is 19.8 Å². The Hall–Kier alpha value is -3.07. The molecular formula is C30H38ClN5O3.